The van der Waals surface area contributed by atoms with E-state index >= 15 is 0 Å². The molecule has 14 heavy (non-hydrogen) atoms. The number of ether oxygens (including phenoxy) is 2. The minimum Gasteiger partial charge on any atom is -0.467 e. The lowest BCUT2D eigenvalue weighted by Gasteiger charge is -2.30. The number of nitrogens with one attached hydrogen (secondary N) is 1. The number of amides is 2. The second-order valence-electron chi connectivity index (χ2n) is 2.88. The summed E-state index contributed by atoms with van der Waals surface area (Å²) in [6.07, 6.45) is -0.661. The molecule has 1 heterocycles. The van der Waals surface area contributed by atoms with Crippen LogP contribution >= 0.6 is 0 Å². The molecular formula is C8H14N2O4. The summed E-state index contributed by atoms with van der Waals surface area (Å²) in [6, 6.07) is -0.206. The Morgan fingerprint density at radius 2 is 2.29 bits per heavy atom. The first-order valence-corrected chi connectivity index (χ1v) is 4.35. The third-order valence-corrected chi connectivity index (χ3v) is 2.03. The van der Waals surface area contributed by atoms with Gasteiger partial charge < -0.3 is 19.7 Å². The Labute approximate surface area is 82.1 Å². The Hall–Kier alpha value is -1.30. The Balaban J connectivity index is 2.51. The van der Waals surface area contributed by atoms with Crippen LogP contribution in [0.3, 0.4) is 0 Å². The molecule has 6 nitrogen and oxygen atoms in total. The highest BCUT2D eigenvalue weighted by Crippen LogP contribution is 2.06. The zero-order chi connectivity index (χ0) is 10.6. The van der Waals surface area contributed by atoms with E-state index in [-0.39, 0.29) is 12.6 Å². The van der Waals surface area contributed by atoms with E-state index in [0.717, 1.165) is 0 Å². The first-order valence-electron chi connectivity index (χ1n) is 4.35. The molecule has 0 aromatic carbocycles. The van der Waals surface area contributed by atoms with Crippen LogP contribution in [0.1, 0.15) is 0 Å². The Kier molecular flexibility index (Phi) is 3.70. The van der Waals surface area contributed by atoms with Gasteiger partial charge in [-0.1, -0.05) is 0 Å². The molecule has 2 amide bonds. The average Bonchev–Trinajstić information content (AvgIpc) is 2.27. The van der Waals surface area contributed by atoms with Crippen LogP contribution in [0.2, 0.25) is 0 Å². The molecule has 0 radical (unpaired) electrons. The van der Waals surface area contributed by atoms with Gasteiger partial charge >= 0.3 is 12.0 Å². The van der Waals surface area contributed by atoms with Crippen molar-refractivity contribution in [1.29, 1.82) is 0 Å². The summed E-state index contributed by atoms with van der Waals surface area (Å²) in [5, 5.41) is 2.49. The highest BCUT2D eigenvalue weighted by Gasteiger charge is 2.29. The number of hydrogen-bond acceptors (Lipinski definition) is 4. The van der Waals surface area contributed by atoms with E-state index in [1.165, 1.54) is 12.0 Å². The molecule has 1 atom stereocenters. The quantitative estimate of drug-likeness (QED) is 0.565. The second kappa shape index (κ2) is 4.80. The molecule has 1 unspecified atom stereocenters. The van der Waals surface area contributed by atoms with Crippen molar-refractivity contribution in [2.75, 3.05) is 33.9 Å². The summed E-state index contributed by atoms with van der Waals surface area (Å²) in [5.74, 6) is -0.446. The van der Waals surface area contributed by atoms with Crippen LogP contribution in [0.4, 0.5) is 4.79 Å². The molecule has 1 aliphatic rings. The SMILES string of the molecule is CNC(=O)N1CCOC(C(=O)OC)C1. The van der Waals surface area contributed by atoms with Crippen LogP contribution in [0, 0.1) is 0 Å². The van der Waals surface area contributed by atoms with Crippen molar-refractivity contribution >= 4 is 12.0 Å². The molecule has 0 spiro atoms. The topological polar surface area (TPSA) is 67.9 Å². The van der Waals surface area contributed by atoms with Gasteiger partial charge in [-0.3, -0.25) is 0 Å². The van der Waals surface area contributed by atoms with Crippen LogP contribution in [0.5, 0.6) is 0 Å². The Bertz CT molecular complexity index is 209. The van der Waals surface area contributed by atoms with Gasteiger partial charge in [0.25, 0.3) is 0 Å². The molecule has 1 N–H and O–H groups in total. The van der Waals surface area contributed by atoms with Gasteiger partial charge in [0.05, 0.1) is 20.3 Å². The number of hydrogen-bond donors (Lipinski definition) is 1. The molecule has 1 aliphatic heterocycles. The van der Waals surface area contributed by atoms with Crippen LogP contribution in [0.25, 0.3) is 0 Å². The van der Waals surface area contributed by atoms with Gasteiger partial charge in [-0.05, 0) is 0 Å². The maximum Gasteiger partial charge on any atom is 0.336 e. The standard InChI is InChI=1S/C8H14N2O4/c1-9-8(12)10-3-4-14-6(5-10)7(11)13-2/h6H,3-5H2,1-2H3,(H,9,12). The number of carbonyl (C=O) groups excluding carboxylic acids is 2. The fourth-order valence-electron chi connectivity index (χ4n) is 1.27. The van der Waals surface area contributed by atoms with Crippen molar-refractivity contribution < 1.29 is 19.1 Å². The maximum atomic E-state index is 11.2. The van der Waals surface area contributed by atoms with E-state index in [2.05, 4.69) is 10.1 Å². The molecule has 0 saturated carbocycles. The number of methoxy groups -OCH3 is 1. The number of carbonyl (C=O) groups is 2. The van der Waals surface area contributed by atoms with Crippen molar-refractivity contribution in [3.05, 3.63) is 0 Å². The molecule has 6 heteroatoms. The van der Waals surface area contributed by atoms with Crippen molar-refractivity contribution in [2.45, 2.75) is 6.10 Å². The maximum absolute atomic E-state index is 11.2. The van der Waals surface area contributed by atoms with Crippen LogP contribution in [-0.2, 0) is 14.3 Å². The highest BCUT2D eigenvalue weighted by atomic mass is 16.6. The number of morpholine rings is 1. The lowest BCUT2D eigenvalue weighted by molar-refractivity contribution is -0.158. The zero-order valence-corrected chi connectivity index (χ0v) is 8.28. The summed E-state index contributed by atoms with van der Waals surface area (Å²) in [7, 11) is 2.84. The van der Waals surface area contributed by atoms with E-state index in [1.807, 2.05) is 0 Å². The number of nitrogens with zero attached hydrogens (tertiary/aromatic N) is 1. The molecule has 0 aromatic heterocycles. The predicted octanol–water partition coefficient (Wildman–Crippen LogP) is -0.800. The van der Waals surface area contributed by atoms with Gasteiger partial charge in [0.1, 0.15) is 0 Å². The van der Waals surface area contributed by atoms with Gasteiger partial charge in [-0.2, -0.15) is 0 Å². The van der Waals surface area contributed by atoms with E-state index in [1.54, 1.807) is 7.05 Å². The van der Waals surface area contributed by atoms with E-state index in [0.29, 0.717) is 13.2 Å². The fraction of sp³-hybridized carbons (Fsp3) is 0.750. The van der Waals surface area contributed by atoms with Crippen molar-refractivity contribution in [3.63, 3.8) is 0 Å². The van der Waals surface area contributed by atoms with Crippen molar-refractivity contribution in [2.24, 2.45) is 0 Å². The Morgan fingerprint density at radius 1 is 1.57 bits per heavy atom. The Morgan fingerprint density at radius 3 is 2.86 bits per heavy atom. The molecule has 80 valence electrons. The molecule has 1 fully saturated rings. The van der Waals surface area contributed by atoms with Crippen LogP contribution in [0.15, 0.2) is 0 Å². The largest absolute Gasteiger partial charge is 0.467 e. The summed E-state index contributed by atoms with van der Waals surface area (Å²) in [5.41, 5.74) is 0. The molecule has 1 rings (SSSR count). The van der Waals surface area contributed by atoms with Gasteiger partial charge in [0, 0.05) is 13.6 Å². The van der Waals surface area contributed by atoms with Crippen LogP contribution < -0.4 is 5.32 Å². The van der Waals surface area contributed by atoms with E-state index < -0.39 is 12.1 Å². The third kappa shape index (κ3) is 2.35. The minimum atomic E-state index is -0.661. The molecule has 0 bridgehead atoms. The van der Waals surface area contributed by atoms with E-state index in [9.17, 15) is 9.59 Å². The summed E-state index contributed by atoms with van der Waals surface area (Å²) in [6.45, 7) is 1.09. The number of rotatable bonds is 1. The first kappa shape index (κ1) is 10.8. The fourth-order valence-corrected chi connectivity index (χ4v) is 1.27. The third-order valence-electron chi connectivity index (χ3n) is 2.03. The summed E-state index contributed by atoms with van der Waals surface area (Å²) < 4.78 is 9.69. The lowest BCUT2D eigenvalue weighted by atomic mass is 10.3. The van der Waals surface area contributed by atoms with Gasteiger partial charge in [0.15, 0.2) is 6.10 Å². The minimum absolute atomic E-state index is 0.206. The zero-order valence-electron chi connectivity index (χ0n) is 8.28. The van der Waals surface area contributed by atoms with E-state index in [4.69, 9.17) is 4.74 Å². The summed E-state index contributed by atoms with van der Waals surface area (Å²) in [4.78, 5) is 23.9. The van der Waals surface area contributed by atoms with Gasteiger partial charge in [-0.15, -0.1) is 0 Å². The molecule has 0 aromatic rings. The monoisotopic (exact) mass is 202 g/mol. The smallest absolute Gasteiger partial charge is 0.336 e. The molecular weight excluding hydrogens is 188 g/mol. The number of urea groups is 1. The predicted molar refractivity (Wildman–Crippen MR) is 47.8 cm³/mol. The first-order chi connectivity index (χ1) is 6.69. The van der Waals surface area contributed by atoms with Crippen molar-refractivity contribution in [3.8, 4) is 0 Å². The second-order valence-corrected chi connectivity index (χ2v) is 2.88. The highest BCUT2D eigenvalue weighted by molar-refractivity contribution is 5.78. The van der Waals surface area contributed by atoms with Gasteiger partial charge in [0.2, 0.25) is 0 Å². The molecule has 0 aliphatic carbocycles. The summed E-state index contributed by atoms with van der Waals surface area (Å²) >= 11 is 0. The van der Waals surface area contributed by atoms with Crippen LogP contribution in [-0.4, -0.2) is 56.9 Å². The van der Waals surface area contributed by atoms with Gasteiger partial charge in [-0.25, -0.2) is 9.59 Å². The average molecular weight is 202 g/mol. The lowest BCUT2D eigenvalue weighted by Crippen LogP contribution is -2.51. The number of esters is 1. The normalized spacial score (nSPS) is 21.6. The van der Waals surface area contributed by atoms with Crippen molar-refractivity contribution in [1.82, 2.24) is 10.2 Å². The molecule has 1 saturated heterocycles.